The molecule has 0 radical (unpaired) electrons. The number of H-pyrrole nitrogens is 1. The molecule has 242 valence electrons. The number of aromatic amines is 1. The molecule has 0 bridgehead atoms. The maximum absolute atomic E-state index is 16.5. The van der Waals surface area contributed by atoms with Gasteiger partial charge in [0.25, 0.3) is 5.91 Å². The van der Waals surface area contributed by atoms with Gasteiger partial charge in [0.1, 0.15) is 11.4 Å². The first-order valence-corrected chi connectivity index (χ1v) is 16.9. The molecule has 46 heavy (non-hydrogen) atoms. The van der Waals surface area contributed by atoms with Crippen molar-refractivity contribution in [1.82, 2.24) is 34.1 Å². The third-order valence-corrected chi connectivity index (χ3v) is 10.5. The number of sulfonamides is 1. The monoisotopic (exact) mass is 649 g/mol. The first-order valence-electron chi connectivity index (χ1n) is 15.3. The van der Waals surface area contributed by atoms with Crippen molar-refractivity contribution in [2.75, 3.05) is 52.1 Å². The molecule has 0 atom stereocenters. The third kappa shape index (κ3) is 6.14. The smallest absolute Gasteiger partial charge is 0.270 e. The minimum absolute atomic E-state index is 0.00163. The van der Waals surface area contributed by atoms with Crippen LogP contribution < -0.4 is 4.74 Å². The zero-order chi connectivity index (χ0) is 32.4. The van der Waals surface area contributed by atoms with Crippen LogP contribution in [0.4, 0.5) is 4.39 Å². The Morgan fingerprint density at radius 1 is 1.02 bits per heavy atom. The zero-order valence-corrected chi connectivity index (χ0v) is 26.6. The van der Waals surface area contributed by atoms with E-state index in [1.165, 1.54) is 4.31 Å². The van der Waals surface area contributed by atoms with Crippen molar-refractivity contribution >= 4 is 38.3 Å². The summed E-state index contributed by atoms with van der Waals surface area (Å²) in [6.45, 7) is 3.62. The van der Waals surface area contributed by atoms with E-state index in [9.17, 15) is 18.0 Å². The summed E-state index contributed by atoms with van der Waals surface area (Å²) in [7, 11) is -1.79. The summed E-state index contributed by atoms with van der Waals surface area (Å²) in [5.74, 6) is -0.326. The van der Waals surface area contributed by atoms with Crippen molar-refractivity contribution in [3.05, 3.63) is 71.9 Å². The Bertz CT molecular complexity index is 1900. The van der Waals surface area contributed by atoms with Gasteiger partial charge in [-0.05, 0) is 42.7 Å². The van der Waals surface area contributed by atoms with E-state index < -0.39 is 15.8 Å². The number of piperazine rings is 1. The summed E-state index contributed by atoms with van der Waals surface area (Å²) in [6, 6.07) is 10.8. The molecule has 4 heterocycles. The number of ether oxygens (including phenoxy) is 1. The Labute approximate surface area is 266 Å². The summed E-state index contributed by atoms with van der Waals surface area (Å²) >= 11 is 0. The number of fused-ring (bicyclic) bond motifs is 1. The highest BCUT2D eigenvalue weighted by molar-refractivity contribution is 7.89. The molecule has 2 aromatic carbocycles. The van der Waals surface area contributed by atoms with Crippen LogP contribution in [0.1, 0.15) is 35.8 Å². The Morgan fingerprint density at radius 3 is 2.52 bits per heavy atom. The summed E-state index contributed by atoms with van der Waals surface area (Å²) < 4.78 is 49.8. The summed E-state index contributed by atoms with van der Waals surface area (Å²) in [6.07, 6.45) is 6.02. The molecule has 2 aromatic heterocycles. The molecular weight excluding hydrogens is 613 g/mol. The topological polar surface area (TPSA) is 134 Å². The zero-order valence-electron chi connectivity index (χ0n) is 25.8. The lowest BCUT2D eigenvalue weighted by Gasteiger charge is -2.33. The fraction of sp³-hybridized carbons (Fsp3) is 0.375. The molecule has 0 spiro atoms. The predicted molar refractivity (Wildman–Crippen MR) is 171 cm³/mol. The van der Waals surface area contributed by atoms with E-state index in [4.69, 9.17) is 4.74 Å². The molecule has 4 aromatic rings. The molecule has 0 saturated carbocycles. The first kappa shape index (κ1) is 31.4. The number of hydrogen-bond donors (Lipinski definition) is 1. The van der Waals surface area contributed by atoms with Crippen LogP contribution in [0, 0.1) is 5.82 Å². The highest BCUT2D eigenvalue weighted by atomic mass is 32.2. The molecule has 14 heteroatoms. The van der Waals surface area contributed by atoms with Crippen molar-refractivity contribution in [1.29, 1.82) is 0 Å². The molecule has 1 fully saturated rings. The number of aryl methyl sites for hydroxylation is 1. The number of rotatable bonds is 9. The van der Waals surface area contributed by atoms with E-state index in [0.717, 1.165) is 5.56 Å². The number of nitrogens with one attached hydrogen (secondary N) is 1. The predicted octanol–water partition coefficient (Wildman–Crippen LogP) is 3.39. The molecule has 2 amide bonds. The average molecular weight is 650 g/mol. The second-order valence-corrected chi connectivity index (χ2v) is 13.6. The van der Waals surface area contributed by atoms with Crippen LogP contribution in [0.15, 0.2) is 54.9 Å². The standard InChI is InChI=1S/C32H36FN7O5S/c1-3-46(43,44)40-17-15-37(16-18-40)32(42)27-20-26-25(23-8-4-5-9-28(23)45-2)19-24(30(33)31(26)35-27)22-7-6-12-38(21-22)29(41)10-13-39-14-11-34-36-39/h4-5,7-9,11,14,19-20,35H,3,6,10,12-13,15-18,21H2,1-2H3. The van der Waals surface area contributed by atoms with Gasteiger partial charge in [-0.3, -0.25) is 14.3 Å². The first-order chi connectivity index (χ1) is 22.2. The Hall–Kier alpha value is -4.56. The number of amides is 2. The number of benzene rings is 2. The van der Waals surface area contributed by atoms with Gasteiger partial charge in [0, 0.05) is 68.4 Å². The second-order valence-electron chi connectivity index (χ2n) is 11.3. The van der Waals surface area contributed by atoms with Crippen molar-refractivity contribution < 1.29 is 27.1 Å². The van der Waals surface area contributed by atoms with E-state index >= 15 is 4.39 Å². The lowest BCUT2D eigenvalue weighted by atomic mass is 9.93. The summed E-state index contributed by atoms with van der Waals surface area (Å²) in [5, 5.41) is 8.21. The van der Waals surface area contributed by atoms with Crippen LogP contribution in [-0.2, 0) is 21.4 Å². The van der Waals surface area contributed by atoms with Crippen LogP contribution >= 0.6 is 0 Å². The average Bonchev–Trinajstić information content (AvgIpc) is 3.78. The largest absolute Gasteiger partial charge is 0.496 e. The third-order valence-electron chi connectivity index (χ3n) is 8.64. The molecule has 2 aliphatic rings. The quantitative estimate of drug-likeness (QED) is 0.294. The second kappa shape index (κ2) is 13.0. The van der Waals surface area contributed by atoms with Crippen LogP contribution in [-0.4, -0.2) is 106 Å². The minimum Gasteiger partial charge on any atom is -0.496 e. The van der Waals surface area contributed by atoms with Crippen molar-refractivity contribution in [3.63, 3.8) is 0 Å². The fourth-order valence-corrected chi connectivity index (χ4v) is 7.18. The lowest BCUT2D eigenvalue weighted by Crippen LogP contribution is -2.50. The van der Waals surface area contributed by atoms with Gasteiger partial charge in [0.15, 0.2) is 5.82 Å². The summed E-state index contributed by atoms with van der Waals surface area (Å²) in [5.41, 5.74) is 2.78. The molecule has 0 unspecified atom stereocenters. The Kier molecular flexibility index (Phi) is 8.91. The molecule has 2 aliphatic heterocycles. The highest BCUT2D eigenvalue weighted by Crippen LogP contribution is 2.40. The SMILES string of the molecule is CCS(=O)(=O)N1CCN(C(=O)c2cc3c(-c4ccccc4OC)cc(C4=CCCN(C(=O)CCn5ccnn5)C4)c(F)c3[nH]2)CC1. The minimum atomic E-state index is -3.35. The molecule has 0 aliphatic carbocycles. The highest BCUT2D eigenvalue weighted by Gasteiger charge is 2.30. The van der Waals surface area contributed by atoms with E-state index in [1.54, 1.807) is 53.0 Å². The van der Waals surface area contributed by atoms with Crippen LogP contribution in [0.5, 0.6) is 5.75 Å². The van der Waals surface area contributed by atoms with E-state index in [0.29, 0.717) is 47.3 Å². The van der Waals surface area contributed by atoms with Crippen molar-refractivity contribution in [3.8, 4) is 16.9 Å². The van der Waals surface area contributed by atoms with Crippen LogP contribution in [0.3, 0.4) is 0 Å². The van der Waals surface area contributed by atoms with Crippen molar-refractivity contribution in [2.24, 2.45) is 0 Å². The van der Waals surface area contributed by atoms with Gasteiger partial charge in [-0.25, -0.2) is 12.8 Å². The van der Waals surface area contributed by atoms with E-state index in [-0.39, 0.29) is 67.9 Å². The van der Waals surface area contributed by atoms with Gasteiger partial charge in [-0.15, -0.1) is 5.10 Å². The number of halogens is 1. The maximum atomic E-state index is 16.5. The molecule has 1 N–H and O–H groups in total. The Morgan fingerprint density at radius 2 is 1.80 bits per heavy atom. The lowest BCUT2D eigenvalue weighted by molar-refractivity contribution is -0.131. The van der Waals surface area contributed by atoms with Gasteiger partial charge in [0.05, 0.1) is 31.1 Å². The van der Waals surface area contributed by atoms with Crippen LogP contribution in [0.2, 0.25) is 0 Å². The number of aromatic nitrogens is 4. The normalized spacial score (nSPS) is 16.1. The number of nitrogens with zero attached hydrogens (tertiary/aromatic N) is 6. The fourth-order valence-electron chi connectivity index (χ4n) is 6.09. The Balaban J connectivity index is 1.34. The number of carbonyl (C=O) groups is 2. The number of para-hydroxylation sites is 1. The molecule has 1 saturated heterocycles. The molecular formula is C32H36FN7O5S. The number of methoxy groups -OCH3 is 1. The maximum Gasteiger partial charge on any atom is 0.270 e. The number of carbonyl (C=O) groups excluding carboxylic acids is 2. The summed E-state index contributed by atoms with van der Waals surface area (Å²) in [4.78, 5) is 33.1. The molecule has 6 rings (SSSR count). The van der Waals surface area contributed by atoms with Gasteiger partial charge in [0.2, 0.25) is 15.9 Å². The van der Waals surface area contributed by atoms with Gasteiger partial charge < -0.3 is 19.5 Å². The van der Waals surface area contributed by atoms with Crippen molar-refractivity contribution in [2.45, 2.75) is 26.3 Å². The van der Waals surface area contributed by atoms with E-state index in [2.05, 4.69) is 15.3 Å². The van der Waals surface area contributed by atoms with Gasteiger partial charge >= 0.3 is 0 Å². The van der Waals surface area contributed by atoms with Crippen LogP contribution in [0.25, 0.3) is 27.6 Å². The number of hydrogen-bond acceptors (Lipinski definition) is 7. The van der Waals surface area contributed by atoms with Gasteiger partial charge in [-0.1, -0.05) is 29.5 Å². The van der Waals surface area contributed by atoms with Gasteiger partial charge in [-0.2, -0.15) is 4.31 Å². The van der Waals surface area contributed by atoms with E-state index in [1.807, 2.05) is 30.3 Å². The molecule has 12 nitrogen and oxygen atoms in total.